The Morgan fingerprint density at radius 3 is 2.77 bits per heavy atom. The number of anilines is 2. The number of hydrogen-bond acceptors (Lipinski definition) is 4. The van der Waals surface area contributed by atoms with E-state index >= 15 is 0 Å². The van der Waals surface area contributed by atoms with Crippen molar-refractivity contribution in [2.75, 3.05) is 16.8 Å². The standard InChI is InChI=1S/C22H21BrN4O3/c1-15-22(29)26(18-8-4-5-9-19(18)30-15)13-11-21(28)25-20-10-12-24-27(20)14-16-6-2-3-7-17(16)23/h2-10,12,15H,11,13-14H2,1H3,(H,25,28). The molecule has 1 aromatic heterocycles. The summed E-state index contributed by atoms with van der Waals surface area (Å²) in [7, 11) is 0. The van der Waals surface area contributed by atoms with Crippen LogP contribution in [0.4, 0.5) is 11.5 Å². The van der Waals surface area contributed by atoms with Gasteiger partial charge in [0.1, 0.15) is 11.6 Å². The van der Waals surface area contributed by atoms with Crippen molar-refractivity contribution < 1.29 is 14.3 Å². The molecule has 1 aliphatic heterocycles. The molecule has 0 radical (unpaired) electrons. The lowest BCUT2D eigenvalue weighted by atomic mass is 10.1. The van der Waals surface area contributed by atoms with Gasteiger partial charge in [0.15, 0.2) is 6.10 Å². The molecule has 0 saturated carbocycles. The molecule has 2 aromatic carbocycles. The summed E-state index contributed by atoms with van der Waals surface area (Å²) in [6.45, 7) is 2.51. The maximum atomic E-state index is 12.6. The molecule has 2 heterocycles. The number of carbonyl (C=O) groups excluding carboxylic acids is 2. The van der Waals surface area contributed by atoms with Crippen LogP contribution in [0.15, 0.2) is 65.3 Å². The van der Waals surface area contributed by atoms with E-state index < -0.39 is 6.10 Å². The Morgan fingerprint density at radius 1 is 1.17 bits per heavy atom. The summed E-state index contributed by atoms with van der Waals surface area (Å²) < 4.78 is 8.36. The zero-order valence-corrected chi connectivity index (χ0v) is 18.0. The summed E-state index contributed by atoms with van der Waals surface area (Å²) in [5.74, 6) is 0.920. The third-order valence-corrected chi connectivity index (χ3v) is 5.67. The van der Waals surface area contributed by atoms with E-state index in [2.05, 4.69) is 26.3 Å². The van der Waals surface area contributed by atoms with Gasteiger partial charge < -0.3 is 15.0 Å². The summed E-state index contributed by atoms with van der Waals surface area (Å²) >= 11 is 3.53. The summed E-state index contributed by atoms with van der Waals surface area (Å²) in [5.41, 5.74) is 1.74. The van der Waals surface area contributed by atoms with Crippen molar-refractivity contribution in [3.05, 3.63) is 70.8 Å². The molecule has 1 aliphatic rings. The van der Waals surface area contributed by atoms with Crippen molar-refractivity contribution in [3.63, 3.8) is 0 Å². The van der Waals surface area contributed by atoms with Gasteiger partial charge >= 0.3 is 0 Å². The largest absolute Gasteiger partial charge is 0.479 e. The fourth-order valence-corrected chi connectivity index (χ4v) is 3.77. The average Bonchev–Trinajstić information content (AvgIpc) is 3.16. The summed E-state index contributed by atoms with van der Waals surface area (Å²) in [4.78, 5) is 26.8. The second kappa shape index (κ2) is 8.71. The second-order valence-electron chi connectivity index (χ2n) is 6.98. The lowest BCUT2D eigenvalue weighted by molar-refractivity contribution is -0.125. The first-order valence-electron chi connectivity index (χ1n) is 9.65. The van der Waals surface area contributed by atoms with Gasteiger partial charge in [-0.05, 0) is 30.7 Å². The predicted molar refractivity (Wildman–Crippen MR) is 118 cm³/mol. The molecule has 7 nitrogen and oxygen atoms in total. The van der Waals surface area contributed by atoms with Crippen molar-refractivity contribution in [2.45, 2.75) is 26.0 Å². The van der Waals surface area contributed by atoms with Gasteiger partial charge in [0.25, 0.3) is 5.91 Å². The monoisotopic (exact) mass is 468 g/mol. The first-order chi connectivity index (χ1) is 14.5. The molecular formula is C22H21BrN4O3. The lowest BCUT2D eigenvalue weighted by Gasteiger charge is -2.32. The molecule has 0 saturated heterocycles. The number of rotatable bonds is 6. The predicted octanol–water partition coefficient (Wildman–Crippen LogP) is 3.84. The van der Waals surface area contributed by atoms with E-state index in [-0.39, 0.29) is 24.8 Å². The van der Waals surface area contributed by atoms with Crippen molar-refractivity contribution in [3.8, 4) is 5.75 Å². The highest BCUT2D eigenvalue weighted by atomic mass is 79.9. The number of ether oxygens (including phenoxy) is 1. The summed E-state index contributed by atoms with van der Waals surface area (Å²) in [5, 5.41) is 7.20. The van der Waals surface area contributed by atoms with Crippen LogP contribution in [0.5, 0.6) is 5.75 Å². The Balaban J connectivity index is 1.41. The molecule has 0 spiro atoms. The number of nitrogens with zero attached hydrogens (tertiary/aromatic N) is 3. The Hall–Kier alpha value is -3.13. The van der Waals surface area contributed by atoms with Crippen molar-refractivity contribution in [1.82, 2.24) is 9.78 Å². The minimum atomic E-state index is -0.575. The Bertz CT molecular complexity index is 1080. The first-order valence-corrected chi connectivity index (χ1v) is 10.4. The van der Waals surface area contributed by atoms with Gasteiger partial charge in [0.2, 0.25) is 5.91 Å². The van der Waals surface area contributed by atoms with Gasteiger partial charge in [-0.1, -0.05) is 46.3 Å². The van der Waals surface area contributed by atoms with E-state index in [9.17, 15) is 9.59 Å². The number of amides is 2. The number of nitrogens with one attached hydrogen (secondary N) is 1. The first kappa shape index (κ1) is 20.2. The molecule has 2 amide bonds. The van der Waals surface area contributed by atoms with E-state index in [4.69, 9.17) is 4.74 Å². The van der Waals surface area contributed by atoms with Crippen LogP contribution >= 0.6 is 15.9 Å². The van der Waals surface area contributed by atoms with Crippen LogP contribution in [0, 0.1) is 0 Å². The van der Waals surface area contributed by atoms with Gasteiger partial charge in [-0.3, -0.25) is 9.59 Å². The smallest absolute Gasteiger partial charge is 0.267 e. The topological polar surface area (TPSA) is 76.5 Å². The number of fused-ring (bicyclic) bond motifs is 1. The van der Waals surface area contributed by atoms with Gasteiger partial charge in [0, 0.05) is 23.5 Å². The fourth-order valence-electron chi connectivity index (χ4n) is 3.36. The number of benzene rings is 2. The number of carbonyl (C=O) groups is 2. The average molecular weight is 469 g/mol. The van der Waals surface area contributed by atoms with Gasteiger partial charge in [-0.15, -0.1) is 0 Å². The van der Waals surface area contributed by atoms with Crippen molar-refractivity contribution >= 4 is 39.2 Å². The highest BCUT2D eigenvalue weighted by molar-refractivity contribution is 9.10. The summed E-state index contributed by atoms with van der Waals surface area (Å²) in [6.07, 6.45) is 1.23. The second-order valence-corrected chi connectivity index (χ2v) is 7.84. The maximum absolute atomic E-state index is 12.6. The van der Waals surface area contributed by atoms with E-state index in [0.717, 1.165) is 10.0 Å². The number of hydrogen-bond donors (Lipinski definition) is 1. The molecule has 154 valence electrons. The number of halogens is 1. The van der Waals surface area contributed by atoms with Crippen LogP contribution < -0.4 is 15.0 Å². The highest BCUT2D eigenvalue weighted by Crippen LogP contribution is 2.33. The van der Waals surface area contributed by atoms with Crippen LogP contribution in [0.1, 0.15) is 18.9 Å². The Kier molecular flexibility index (Phi) is 5.85. The van der Waals surface area contributed by atoms with Crippen LogP contribution in [0.2, 0.25) is 0 Å². The molecule has 0 bridgehead atoms. The third kappa shape index (κ3) is 4.23. The van der Waals surface area contributed by atoms with Crippen molar-refractivity contribution in [1.29, 1.82) is 0 Å². The van der Waals surface area contributed by atoms with Crippen LogP contribution in [0.25, 0.3) is 0 Å². The molecule has 1 N–H and O–H groups in total. The number of aromatic nitrogens is 2. The Morgan fingerprint density at radius 2 is 1.93 bits per heavy atom. The van der Waals surface area contributed by atoms with E-state index in [1.807, 2.05) is 48.5 Å². The molecule has 8 heteroatoms. The number of para-hydroxylation sites is 2. The maximum Gasteiger partial charge on any atom is 0.267 e. The SMILES string of the molecule is CC1Oc2ccccc2N(CCC(=O)Nc2ccnn2Cc2ccccc2Br)C1=O. The van der Waals surface area contributed by atoms with E-state index in [0.29, 0.717) is 23.8 Å². The molecule has 4 rings (SSSR count). The van der Waals surface area contributed by atoms with Gasteiger partial charge in [-0.2, -0.15) is 5.10 Å². The van der Waals surface area contributed by atoms with E-state index in [1.54, 1.807) is 28.8 Å². The fraction of sp³-hybridized carbons (Fsp3) is 0.227. The lowest BCUT2D eigenvalue weighted by Crippen LogP contribution is -2.45. The molecule has 30 heavy (non-hydrogen) atoms. The minimum Gasteiger partial charge on any atom is -0.479 e. The van der Waals surface area contributed by atoms with Gasteiger partial charge in [0.05, 0.1) is 18.4 Å². The quantitative estimate of drug-likeness (QED) is 0.596. The van der Waals surface area contributed by atoms with Crippen LogP contribution in [-0.2, 0) is 16.1 Å². The third-order valence-electron chi connectivity index (χ3n) is 4.90. The molecule has 3 aromatic rings. The zero-order chi connectivity index (χ0) is 21.1. The minimum absolute atomic E-state index is 0.152. The van der Waals surface area contributed by atoms with Gasteiger partial charge in [-0.25, -0.2) is 4.68 Å². The Labute approximate surface area is 182 Å². The van der Waals surface area contributed by atoms with Crippen LogP contribution in [-0.4, -0.2) is 34.2 Å². The molecule has 0 aliphatic carbocycles. The molecular weight excluding hydrogens is 448 g/mol. The molecule has 1 unspecified atom stereocenters. The molecule has 1 atom stereocenters. The zero-order valence-electron chi connectivity index (χ0n) is 16.4. The van der Waals surface area contributed by atoms with Crippen molar-refractivity contribution in [2.24, 2.45) is 0 Å². The highest BCUT2D eigenvalue weighted by Gasteiger charge is 2.31. The normalized spacial score (nSPS) is 15.5. The van der Waals surface area contributed by atoms with E-state index in [1.165, 1.54) is 0 Å². The molecule has 0 fully saturated rings. The summed E-state index contributed by atoms with van der Waals surface area (Å²) in [6, 6.07) is 17.0. The van der Waals surface area contributed by atoms with Crippen LogP contribution in [0.3, 0.4) is 0 Å².